The van der Waals surface area contributed by atoms with Crippen LogP contribution in [0.1, 0.15) is 37.3 Å². The highest BCUT2D eigenvalue weighted by molar-refractivity contribution is 5.89. The number of anilines is 3. The standard InChI is InChI=1S/C43H33N/c1-43(2)41-18-9-8-17-39(41)40-26-25-38(29-42(40)43)44(36-23-21-32(22-24-36)30-11-4-3-5-12-30)37-16-10-15-34(28-37)35-20-19-31-13-6-7-14-33(31)27-35/h3-29H,1-2H3/i3D,4D,5D,11D,12D,21D,22D,23D,24D. The lowest BCUT2D eigenvalue weighted by molar-refractivity contribution is 0.660. The zero-order valence-corrected chi connectivity index (χ0v) is 24.3. The predicted molar refractivity (Wildman–Crippen MR) is 187 cm³/mol. The zero-order chi connectivity index (χ0) is 37.5. The highest BCUT2D eigenvalue weighted by Crippen LogP contribution is 2.50. The molecule has 210 valence electrons. The highest BCUT2D eigenvalue weighted by Gasteiger charge is 2.35. The highest BCUT2D eigenvalue weighted by atomic mass is 15.1. The molecule has 0 amide bonds. The van der Waals surface area contributed by atoms with E-state index in [0.29, 0.717) is 11.4 Å². The molecule has 0 spiro atoms. The molecule has 0 saturated carbocycles. The van der Waals surface area contributed by atoms with Crippen molar-refractivity contribution < 1.29 is 12.3 Å². The number of benzene rings is 7. The van der Waals surface area contributed by atoms with Crippen molar-refractivity contribution in [3.8, 4) is 33.4 Å². The lowest BCUT2D eigenvalue weighted by Crippen LogP contribution is -2.16. The fourth-order valence-electron chi connectivity index (χ4n) is 6.35. The van der Waals surface area contributed by atoms with E-state index in [9.17, 15) is 5.48 Å². The van der Waals surface area contributed by atoms with Crippen molar-refractivity contribution in [2.75, 3.05) is 4.90 Å². The average molecular weight is 573 g/mol. The first kappa shape index (κ1) is 18.3. The lowest BCUT2D eigenvalue weighted by Gasteiger charge is -2.28. The lowest BCUT2D eigenvalue weighted by atomic mass is 9.82. The summed E-state index contributed by atoms with van der Waals surface area (Å²) < 4.78 is 78.8. The number of hydrogen-bond acceptors (Lipinski definition) is 1. The van der Waals surface area contributed by atoms with Crippen LogP contribution in [0.3, 0.4) is 0 Å². The molecule has 0 fully saturated rings. The molecular formula is C43H33N. The van der Waals surface area contributed by atoms with Crippen molar-refractivity contribution in [3.05, 3.63) is 175 Å². The summed E-state index contributed by atoms with van der Waals surface area (Å²) in [5.41, 5.74) is 6.41. The van der Waals surface area contributed by atoms with E-state index in [4.69, 9.17) is 6.85 Å². The van der Waals surface area contributed by atoms with Gasteiger partial charge in [-0.25, -0.2) is 0 Å². The van der Waals surface area contributed by atoms with Crippen LogP contribution in [0.25, 0.3) is 44.2 Å². The minimum absolute atomic E-state index is 0.0277. The predicted octanol–water partition coefficient (Wildman–Crippen LogP) is 11.9. The summed E-state index contributed by atoms with van der Waals surface area (Å²) in [6, 6.07) is 31.5. The fraction of sp³-hybridized carbons (Fsp3) is 0.0698. The van der Waals surface area contributed by atoms with Crippen LogP contribution in [-0.4, -0.2) is 0 Å². The van der Waals surface area contributed by atoms with Crippen LogP contribution in [0.5, 0.6) is 0 Å². The summed E-state index contributed by atoms with van der Waals surface area (Å²) in [4.78, 5) is 1.73. The molecule has 0 aliphatic heterocycles. The van der Waals surface area contributed by atoms with E-state index in [1.54, 1.807) is 4.90 Å². The summed E-state index contributed by atoms with van der Waals surface area (Å²) in [5.74, 6) is 0. The molecule has 8 rings (SSSR count). The number of nitrogens with zero attached hydrogens (tertiary/aromatic N) is 1. The Morgan fingerprint density at radius 1 is 0.455 bits per heavy atom. The Morgan fingerprint density at radius 3 is 1.98 bits per heavy atom. The Bertz CT molecular complexity index is 2610. The van der Waals surface area contributed by atoms with E-state index in [1.165, 1.54) is 5.56 Å². The van der Waals surface area contributed by atoms with E-state index < -0.39 is 54.4 Å². The van der Waals surface area contributed by atoms with Crippen molar-refractivity contribution in [3.63, 3.8) is 0 Å². The van der Waals surface area contributed by atoms with Gasteiger partial charge < -0.3 is 4.90 Å². The molecule has 0 atom stereocenters. The molecule has 1 nitrogen and oxygen atoms in total. The smallest absolute Gasteiger partial charge is 0.0645 e. The topological polar surface area (TPSA) is 3.24 Å². The van der Waals surface area contributed by atoms with Crippen LogP contribution in [0, 0.1) is 0 Å². The Morgan fingerprint density at radius 2 is 1.14 bits per heavy atom. The first-order valence-electron chi connectivity index (χ1n) is 19.1. The molecule has 0 bridgehead atoms. The summed E-state index contributed by atoms with van der Waals surface area (Å²) in [7, 11) is 0. The van der Waals surface area contributed by atoms with Crippen molar-refractivity contribution >= 4 is 27.8 Å². The van der Waals surface area contributed by atoms with Crippen LogP contribution < -0.4 is 4.90 Å². The Kier molecular flexibility index (Phi) is 4.33. The molecule has 1 aliphatic carbocycles. The number of hydrogen-bond donors (Lipinski definition) is 0. The number of fused-ring (bicyclic) bond motifs is 4. The van der Waals surface area contributed by atoms with Crippen LogP contribution >= 0.6 is 0 Å². The Balaban J connectivity index is 1.38. The van der Waals surface area contributed by atoms with Gasteiger partial charge in [0.2, 0.25) is 0 Å². The first-order valence-corrected chi connectivity index (χ1v) is 14.6. The average Bonchev–Trinajstić information content (AvgIpc) is 3.40. The second kappa shape index (κ2) is 10.4. The molecule has 0 unspecified atom stereocenters. The maximum Gasteiger partial charge on any atom is 0.0645 e. The second-order valence-electron chi connectivity index (χ2n) is 11.6. The Labute approximate surface area is 272 Å². The van der Waals surface area contributed by atoms with Crippen LogP contribution in [-0.2, 0) is 5.41 Å². The first-order chi connectivity index (χ1) is 25.3. The van der Waals surface area contributed by atoms with Crippen molar-refractivity contribution in [2.45, 2.75) is 19.3 Å². The van der Waals surface area contributed by atoms with E-state index in [0.717, 1.165) is 38.6 Å². The molecule has 0 aromatic heterocycles. The third-order valence-corrected chi connectivity index (χ3v) is 8.60. The summed E-state index contributed by atoms with van der Waals surface area (Å²) >= 11 is 0. The van der Waals surface area contributed by atoms with E-state index in [-0.39, 0.29) is 22.2 Å². The van der Waals surface area contributed by atoms with Gasteiger partial charge in [-0.3, -0.25) is 0 Å². The van der Waals surface area contributed by atoms with E-state index in [1.807, 2.05) is 72.8 Å². The van der Waals surface area contributed by atoms with Crippen molar-refractivity contribution in [2.24, 2.45) is 0 Å². The van der Waals surface area contributed by atoms with Crippen molar-refractivity contribution in [1.29, 1.82) is 0 Å². The van der Waals surface area contributed by atoms with Gasteiger partial charge in [0.15, 0.2) is 0 Å². The maximum absolute atomic E-state index is 9.40. The van der Waals surface area contributed by atoms with Gasteiger partial charge in [0.05, 0.1) is 12.3 Å². The molecule has 7 aromatic carbocycles. The summed E-state index contributed by atoms with van der Waals surface area (Å²) in [5, 5.41) is 2.19. The van der Waals surface area contributed by atoms with E-state index in [2.05, 4.69) is 50.2 Å². The molecule has 1 aliphatic rings. The second-order valence-corrected chi connectivity index (χ2v) is 11.6. The van der Waals surface area contributed by atoms with Crippen molar-refractivity contribution in [1.82, 2.24) is 0 Å². The molecule has 0 radical (unpaired) electrons. The van der Waals surface area contributed by atoms with Crippen LogP contribution in [0.4, 0.5) is 17.1 Å². The molecule has 0 heterocycles. The summed E-state index contributed by atoms with van der Waals surface area (Å²) in [6.07, 6.45) is 0. The summed E-state index contributed by atoms with van der Waals surface area (Å²) in [6.45, 7) is 4.33. The fourth-order valence-corrected chi connectivity index (χ4v) is 6.35. The Hall–Kier alpha value is -5.40. The zero-order valence-electron chi connectivity index (χ0n) is 33.3. The van der Waals surface area contributed by atoms with Gasteiger partial charge >= 0.3 is 0 Å². The van der Waals surface area contributed by atoms with Gasteiger partial charge in [-0.15, -0.1) is 0 Å². The molecular weight excluding hydrogens is 530 g/mol. The molecule has 0 N–H and O–H groups in total. The van der Waals surface area contributed by atoms with Crippen LogP contribution in [0.15, 0.2) is 164 Å². The van der Waals surface area contributed by atoms with Gasteiger partial charge in [-0.1, -0.05) is 135 Å². The molecule has 0 saturated heterocycles. The van der Waals surface area contributed by atoms with Gasteiger partial charge in [0.25, 0.3) is 0 Å². The van der Waals surface area contributed by atoms with Gasteiger partial charge in [-0.2, -0.15) is 0 Å². The van der Waals surface area contributed by atoms with E-state index >= 15 is 0 Å². The minimum atomic E-state index is -0.615. The third kappa shape index (κ3) is 4.41. The molecule has 7 aromatic rings. The van der Waals surface area contributed by atoms with Gasteiger partial charge in [0.1, 0.15) is 0 Å². The largest absolute Gasteiger partial charge is 0.310 e. The van der Waals surface area contributed by atoms with Gasteiger partial charge in [0, 0.05) is 22.5 Å². The normalized spacial score (nSPS) is 15.8. The quantitative estimate of drug-likeness (QED) is 0.198. The monoisotopic (exact) mass is 572 g/mol. The molecule has 1 heteroatoms. The minimum Gasteiger partial charge on any atom is -0.310 e. The van der Waals surface area contributed by atoms with Crippen LogP contribution in [0.2, 0.25) is 0 Å². The SMILES string of the molecule is [2H]c1c([2H])c([2H])c(-c2c([2H])c([2H])c(N(c3cccc(-c4ccc5ccccc5c4)c3)c3ccc4c(c3)C(C)(C)c3ccccc3-4)c([2H])c2[2H])c([2H])c1[2H]. The number of rotatable bonds is 5. The molecule has 44 heavy (non-hydrogen) atoms. The third-order valence-electron chi connectivity index (χ3n) is 8.60. The maximum atomic E-state index is 9.40. The van der Waals surface area contributed by atoms with Gasteiger partial charge in [-0.05, 0) is 97.7 Å².